The highest BCUT2D eigenvalue weighted by Crippen LogP contribution is 2.32. The molecule has 2 aliphatic rings. The number of ketones is 1. The van der Waals surface area contributed by atoms with E-state index >= 15 is 0 Å². The standard InChI is InChI=1S/C18H30O5/c1-2-3-5-8-14-9-6-4-7-10-15-13-16(19)18(21,23-15)12-11-17(20)22-14/h14-15,21H,2-13H2,1H3/t14-,15+,18-/m1/s1. The van der Waals surface area contributed by atoms with Gasteiger partial charge in [0.25, 0.3) is 0 Å². The first-order valence-corrected chi connectivity index (χ1v) is 9.16. The van der Waals surface area contributed by atoms with Gasteiger partial charge in [0.1, 0.15) is 6.10 Å². The molecule has 0 saturated carbocycles. The Hall–Kier alpha value is -0.940. The maximum atomic E-state index is 12.1. The lowest BCUT2D eigenvalue weighted by atomic mass is 10.00. The number of hydrogen-bond donors (Lipinski definition) is 1. The fraction of sp³-hybridized carbons (Fsp3) is 0.889. The predicted molar refractivity (Wildman–Crippen MR) is 85.8 cm³/mol. The molecule has 0 aromatic rings. The average molecular weight is 326 g/mol. The summed E-state index contributed by atoms with van der Waals surface area (Å²) in [6.45, 7) is 2.16. The zero-order valence-corrected chi connectivity index (χ0v) is 14.2. The van der Waals surface area contributed by atoms with Crippen LogP contribution in [0.1, 0.15) is 84.0 Å². The molecule has 0 radical (unpaired) electrons. The van der Waals surface area contributed by atoms with Crippen molar-refractivity contribution in [3.63, 3.8) is 0 Å². The molecule has 0 amide bonds. The number of carbonyl (C=O) groups is 2. The largest absolute Gasteiger partial charge is 0.462 e. The highest BCUT2D eigenvalue weighted by Gasteiger charge is 2.46. The molecule has 23 heavy (non-hydrogen) atoms. The number of Topliss-reactive ketones (excluding diaryl/α,β-unsaturated/α-hetero) is 1. The van der Waals surface area contributed by atoms with Gasteiger partial charge in [-0.05, 0) is 32.1 Å². The maximum Gasteiger partial charge on any atom is 0.306 e. The number of hydrogen-bond acceptors (Lipinski definition) is 5. The molecule has 2 rings (SSSR count). The van der Waals surface area contributed by atoms with E-state index in [0.717, 1.165) is 57.8 Å². The summed E-state index contributed by atoms with van der Waals surface area (Å²) in [5, 5.41) is 10.3. The number of unbranched alkanes of at least 4 members (excludes halogenated alkanes) is 2. The van der Waals surface area contributed by atoms with Gasteiger partial charge in [-0.25, -0.2) is 0 Å². The number of fused-ring (bicyclic) bond motifs is 2. The van der Waals surface area contributed by atoms with Gasteiger partial charge in [-0.1, -0.05) is 32.6 Å². The molecular weight excluding hydrogens is 296 g/mol. The van der Waals surface area contributed by atoms with E-state index in [4.69, 9.17) is 9.47 Å². The Balaban J connectivity index is 1.93. The van der Waals surface area contributed by atoms with Crippen LogP contribution in [0.25, 0.3) is 0 Å². The second kappa shape index (κ2) is 8.78. The smallest absolute Gasteiger partial charge is 0.306 e. The van der Waals surface area contributed by atoms with Crippen LogP contribution in [0.4, 0.5) is 0 Å². The van der Waals surface area contributed by atoms with E-state index in [0.29, 0.717) is 0 Å². The zero-order valence-electron chi connectivity index (χ0n) is 14.2. The summed E-state index contributed by atoms with van der Waals surface area (Å²) >= 11 is 0. The fourth-order valence-electron chi connectivity index (χ4n) is 3.43. The highest BCUT2D eigenvalue weighted by atomic mass is 16.6. The van der Waals surface area contributed by atoms with Crippen molar-refractivity contribution in [1.82, 2.24) is 0 Å². The third kappa shape index (κ3) is 5.57. The summed E-state index contributed by atoms with van der Waals surface area (Å²) in [5.41, 5.74) is 0. The molecule has 2 fully saturated rings. The molecule has 5 heteroatoms. The van der Waals surface area contributed by atoms with Crippen molar-refractivity contribution in [1.29, 1.82) is 0 Å². The van der Waals surface area contributed by atoms with E-state index in [1.807, 2.05) is 0 Å². The van der Waals surface area contributed by atoms with Crippen molar-refractivity contribution in [2.45, 2.75) is 102 Å². The van der Waals surface area contributed by atoms with Gasteiger partial charge in [-0.3, -0.25) is 9.59 Å². The molecule has 2 bridgehead atoms. The predicted octanol–water partition coefficient (Wildman–Crippen LogP) is 3.27. The number of cyclic esters (lactones) is 1. The maximum absolute atomic E-state index is 12.1. The molecular formula is C18H30O5. The molecule has 2 aliphatic heterocycles. The Morgan fingerprint density at radius 3 is 2.74 bits per heavy atom. The molecule has 2 heterocycles. The second-order valence-corrected chi connectivity index (χ2v) is 6.90. The van der Waals surface area contributed by atoms with E-state index in [1.54, 1.807) is 0 Å². The Morgan fingerprint density at radius 2 is 1.96 bits per heavy atom. The van der Waals surface area contributed by atoms with Gasteiger partial charge in [0.2, 0.25) is 5.79 Å². The van der Waals surface area contributed by atoms with Crippen molar-refractivity contribution < 1.29 is 24.2 Å². The average Bonchev–Trinajstić information content (AvgIpc) is 2.80. The van der Waals surface area contributed by atoms with Gasteiger partial charge in [0, 0.05) is 12.8 Å². The number of esters is 1. The molecule has 0 spiro atoms. The van der Waals surface area contributed by atoms with Gasteiger partial charge in [-0.2, -0.15) is 0 Å². The van der Waals surface area contributed by atoms with E-state index in [2.05, 4.69) is 6.92 Å². The molecule has 0 aliphatic carbocycles. The van der Waals surface area contributed by atoms with Gasteiger partial charge in [-0.15, -0.1) is 0 Å². The van der Waals surface area contributed by atoms with Crippen LogP contribution in [0.2, 0.25) is 0 Å². The minimum Gasteiger partial charge on any atom is -0.462 e. The van der Waals surface area contributed by atoms with E-state index in [1.165, 1.54) is 0 Å². The Bertz CT molecular complexity index is 408. The summed E-state index contributed by atoms with van der Waals surface area (Å²) in [5.74, 6) is -2.42. The molecule has 0 aromatic heterocycles. The van der Waals surface area contributed by atoms with Crippen LogP contribution in [0.5, 0.6) is 0 Å². The minimum absolute atomic E-state index is 0.00282. The Labute approximate surface area is 138 Å². The quantitative estimate of drug-likeness (QED) is 0.634. The molecule has 3 atom stereocenters. The fourth-order valence-corrected chi connectivity index (χ4v) is 3.43. The van der Waals surface area contributed by atoms with Crippen LogP contribution in [-0.4, -0.2) is 34.9 Å². The lowest BCUT2D eigenvalue weighted by Crippen LogP contribution is -2.36. The van der Waals surface area contributed by atoms with E-state index in [-0.39, 0.29) is 43.2 Å². The van der Waals surface area contributed by atoms with Crippen molar-refractivity contribution in [2.75, 3.05) is 0 Å². The van der Waals surface area contributed by atoms with E-state index in [9.17, 15) is 14.7 Å². The SMILES string of the molecule is CCCCC[C@@H]1CCCCC[C@H]2CC(=O)[C@@](O)(CCC(=O)O1)O2. The number of carbonyl (C=O) groups excluding carboxylic acids is 2. The normalized spacial score (nSPS) is 33.5. The first-order chi connectivity index (χ1) is 11.0. The topological polar surface area (TPSA) is 72.8 Å². The number of ether oxygens (including phenoxy) is 2. The first kappa shape index (κ1) is 18.4. The Morgan fingerprint density at radius 1 is 1.17 bits per heavy atom. The van der Waals surface area contributed by atoms with Crippen LogP contribution < -0.4 is 0 Å². The number of rotatable bonds is 4. The van der Waals surface area contributed by atoms with E-state index < -0.39 is 5.79 Å². The lowest BCUT2D eigenvalue weighted by molar-refractivity contribution is -0.200. The lowest BCUT2D eigenvalue weighted by Gasteiger charge is -2.22. The third-order valence-electron chi connectivity index (χ3n) is 4.86. The van der Waals surface area contributed by atoms with Gasteiger partial charge in [0.05, 0.1) is 12.5 Å². The number of aliphatic hydroxyl groups is 1. The van der Waals surface area contributed by atoms with Crippen molar-refractivity contribution in [2.24, 2.45) is 0 Å². The summed E-state index contributed by atoms with van der Waals surface area (Å²) in [6.07, 6.45) is 9.06. The highest BCUT2D eigenvalue weighted by molar-refractivity contribution is 5.88. The van der Waals surface area contributed by atoms with Crippen LogP contribution >= 0.6 is 0 Å². The minimum atomic E-state index is -1.78. The van der Waals surface area contributed by atoms with Crippen molar-refractivity contribution in [3.05, 3.63) is 0 Å². The summed E-state index contributed by atoms with van der Waals surface area (Å²) in [7, 11) is 0. The van der Waals surface area contributed by atoms with Gasteiger partial charge < -0.3 is 14.6 Å². The molecule has 1 N–H and O–H groups in total. The van der Waals surface area contributed by atoms with Crippen molar-refractivity contribution >= 4 is 11.8 Å². The summed E-state index contributed by atoms with van der Waals surface area (Å²) in [4.78, 5) is 24.0. The molecule has 2 saturated heterocycles. The first-order valence-electron chi connectivity index (χ1n) is 9.16. The third-order valence-corrected chi connectivity index (χ3v) is 4.86. The van der Waals surface area contributed by atoms with Crippen LogP contribution in [0, 0.1) is 0 Å². The van der Waals surface area contributed by atoms with Gasteiger partial charge in [0.15, 0.2) is 5.78 Å². The second-order valence-electron chi connectivity index (χ2n) is 6.90. The molecule has 0 unspecified atom stereocenters. The zero-order chi connectivity index (χ0) is 16.7. The van der Waals surface area contributed by atoms with Gasteiger partial charge >= 0.3 is 5.97 Å². The summed E-state index contributed by atoms with van der Waals surface area (Å²) in [6, 6.07) is 0. The molecule has 5 nitrogen and oxygen atoms in total. The molecule has 132 valence electrons. The van der Waals surface area contributed by atoms with Crippen LogP contribution in [0.3, 0.4) is 0 Å². The molecule has 0 aromatic carbocycles. The van der Waals surface area contributed by atoms with Crippen LogP contribution in [0.15, 0.2) is 0 Å². The Kier molecular flexibility index (Phi) is 7.03. The van der Waals surface area contributed by atoms with Crippen molar-refractivity contribution in [3.8, 4) is 0 Å². The van der Waals surface area contributed by atoms with Crippen LogP contribution in [-0.2, 0) is 19.1 Å². The summed E-state index contributed by atoms with van der Waals surface area (Å²) < 4.78 is 11.1. The monoisotopic (exact) mass is 326 g/mol.